The molecule has 0 amide bonds. The summed E-state index contributed by atoms with van der Waals surface area (Å²) in [6.45, 7) is 5.68. The SMILES string of the molecule is CNCCC(C)(C)c1ccc(Br)c2ccccc12. The van der Waals surface area contributed by atoms with Crippen LogP contribution in [0.25, 0.3) is 10.8 Å². The molecule has 2 rings (SSSR count). The minimum atomic E-state index is 0.184. The number of halogens is 1. The summed E-state index contributed by atoms with van der Waals surface area (Å²) in [5.41, 5.74) is 1.61. The maximum absolute atomic E-state index is 3.64. The molecule has 0 aliphatic carbocycles. The van der Waals surface area contributed by atoms with Crippen molar-refractivity contribution in [3.05, 3.63) is 46.4 Å². The Morgan fingerprint density at radius 3 is 2.39 bits per heavy atom. The van der Waals surface area contributed by atoms with Gasteiger partial charge in [0.2, 0.25) is 0 Å². The van der Waals surface area contributed by atoms with Crippen molar-refractivity contribution in [3.63, 3.8) is 0 Å². The molecule has 1 nitrogen and oxygen atoms in total. The standard InChI is InChI=1S/C16H20BrN/c1-16(2,10-11-18-3)14-8-9-15(17)13-7-5-4-6-12(13)14/h4-9,18H,10-11H2,1-3H3. The largest absolute Gasteiger partial charge is 0.320 e. The molecule has 0 spiro atoms. The Kier molecular flexibility index (Phi) is 4.08. The molecule has 0 atom stereocenters. The fraction of sp³-hybridized carbons (Fsp3) is 0.375. The molecule has 0 saturated heterocycles. The van der Waals surface area contributed by atoms with Gasteiger partial charge in [-0.05, 0) is 47.8 Å². The van der Waals surface area contributed by atoms with Crippen molar-refractivity contribution in [2.24, 2.45) is 0 Å². The van der Waals surface area contributed by atoms with E-state index < -0.39 is 0 Å². The normalized spacial score (nSPS) is 12.0. The summed E-state index contributed by atoms with van der Waals surface area (Å²) in [6.07, 6.45) is 1.13. The van der Waals surface area contributed by atoms with Gasteiger partial charge in [0.15, 0.2) is 0 Å². The van der Waals surface area contributed by atoms with Crippen LogP contribution in [0.3, 0.4) is 0 Å². The number of nitrogens with one attached hydrogen (secondary N) is 1. The van der Waals surface area contributed by atoms with Gasteiger partial charge in [-0.3, -0.25) is 0 Å². The Bertz CT molecular complexity index is 546. The van der Waals surface area contributed by atoms with Crippen LogP contribution >= 0.6 is 15.9 Å². The summed E-state index contributed by atoms with van der Waals surface area (Å²) < 4.78 is 1.17. The van der Waals surface area contributed by atoms with Crippen molar-refractivity contribution >= 4 is 26.7 Å². The molecule has 0 bridgehead atoms. The lowest BCUT2D eigenvalue weighted by Crippen LogP contribution is -2.23. The highest BCUT2D eigenvalue weighted by atomic mass is 79.9. The monoisotopic (exact) mass is 305 g/mol. The number of hydrogen-bond donors (Lipinski definition) is 1. The van der Waals surface area contributed by atoms with Crippen LogP contribution in [0, 0.1) is 0 Å². The molecule has 0 saturated carbocycles. The molecule has 0 aliphatic heterocycles. The molecule has 96 valence electrons. The van der Waals surface area contributed by atoms with E-state index >= 15 is 0 Å². The van der Waals surface area contributed by atoms with E-state index in [4.69, 9.17) is 0 Å². The Morgan fingerprint density at radius 2 is 1.72 bits per heavy atom. The predicted molar refractivity (Wildman–Crippen MR) is 83.2 cm³/mol. The second-order valence-corrected chi connectivity index (χ2v) is 6.23. The van der Waals surface area contributed by atoms with Crippen LogP contribution in [0.4, 0.5) is 0 Å². The van der Waals surface area contributed by atoms with Gasteiger partial charge in [-0.15, -0.1) is 0 Å². The Morgan fingerprint density at radius 1 is 1.06 bits per heavy atom. The highest BCUT2D eigenvalue weighted by molar-refractivity contribution is 9.10. The average molecular weight is 306 g/mol. The zero-order chi connectivity index (χ0) is 13.2. The first-order valence-electron chi connectivity index (χ1n) is 6.38. The van der Waals surface area contributed by atoms with Gasteiger partial charge in [0.05, 0.1) is 0 Å². The second-order valence-electron chi connectivity index (χ2n) is 5.38. The lowest BCUT2D eigenvalue weighted by molar-refractivity contribution is 0.472. The topological polar surface area (TPSA) is 12.0 Å². The molecule has 2 aromatic carbocycles. The molecule has 1 N–H and O–H groups in total. The van der Waals surface area contributed by atoms with Crippen molar-refractivity contribution in [1.29, 1.82) is 0 Å². The summed E-state index contributed by atoms with van der Waals surface area (Å²) >= 11 is 3.64. The zero-order valence-corrected chi connectivity index (χ0v) is 12.8. The van der Waals surface area contributed by atoms with Gasteiger partial charge in [-0.2, -0.15) is 0 Å². The molecular formula is C16H20BrN. The van der Waals surface area contributed by atoms with E-state index in [9.17, 15) is 0 Å². The molecule has 18 heavy (non-hydrogen) atoms. The number of fused-ring (bicyclic) bond motifs is 1. The lowest BCUT2D eigenvalue weighted by atomic mass is 9.79. The van der Waals surface area contributed by atoms with Crippen molar-refractivity contribution < 1.29 is 0 Å². The maximum Gasteiger partial charge on any atom is 0.0253 e. The first-order chi connectivity index (χ1) is 8.56. The van der Waals surface area contributed by atoms with E-state index in [0.717, 1.165) is 13.0 Å². The quantitative estimate of drug-likeness (QED) is 0.877. The van der Waals surface area contributed by atoms with Crippen molar-refractivity contribution in [2.75, 3.05) is 13.6 Å². The summed E-state index contributed by atoms with van der Waals surface area (Å²) in [6, 6.07) is 13.0. The lowest BCUT2D eigenvalue weighted by Gasteiger charge is -2.27. The van der Waals surface area contributed by atoms with Crippen LogP contribution in [0.15, 0.2) is 40.9 Å². The van der Waals surface area contributed by atoms with Crippen molar-refractivity contribution in [3.8, 4) is 0 Å². The molecule has 0 heterocycles. The smallest absolute Gasteiger partial charge is 0.0253 e. The summed E-state index contributed by atoms with van der Waals surface area (Å²) in [5.74, 6) is 0. The third-order valence-electron chi connectivity index (χ3n) is 3.60. The predicted octanol–water partition coefficient (Wildman–Crippen LogP) is 4.49. The van der Waals surface area contributed by atoms with Crippen LogP contribution < -0.4 is 5.32 Å². The highest BCUT2D eigenvalue weighted by Gasteiger charge is 2.22. The molecular weight excluding hydrogens is 286 g/mol. The van der Waals surface area contributed by atoms with Crippen LogP contribution in [0.5, 0.6) is 0 Å². The molecule has 0 unspecified atom stereocenters. The van der Waals surface area contributed by atoms with Crippen LogP contribution in [-0.4, -0.2) is 13.6 Å². The van der Waals surface area contributed by atoms with E-state index in [-0.39, 0.29) is 5.41 Å². The van der Waals surface area contributed by atoms with Crippen LogP contribution in [0.1, 0.15) is 25.8 Å². The fourth-order valence-corrected chi connectivity index (χ4v) is 2.90. The molecule has 0 aliphatic rings. The minimum absolute atomic E-state index is 0.184. The molecule has 0 fully saturated rings. The van der Waals surface area contributed by atoms with Gasteiger partial charge in [0, 0.05) is 4.47 Å². The third-order valence-corrected chi connectivity index (χ3v) is 4.29. The maximum atomic E-state index is 3.64. The van der Waals surface area contributed by atoms with Gasteiger partial charge >= 0.3 is 0 Å². The van der Waals surface area contributed by atoms with E-state index in [1.54, 1.807) is 0 Å². The van der Waals surface area contributed by atoms with E-state index in [0.29, 0.717) is 0 Å². The highest BCUT2D eigenvalue weighted by Crippen LogP contribution is 2.35. The van der Waals surface area contributed by atoms with E-state index in [2.05, 4.69) is 71.5 Å². The molecule has 2 aromatic rings. The van der Waals surface area contributed by atoms with Crippen LogP contribution in [0.2, 0.25) is 0 Å². The summed E-state index contributed by atoms with van der Waals surface area (Å²) in [4.78, 5) is 0. The summed E-state index contributed by atoms with van der Waals surface area (Å²) in [5, 5.41) is 5.90. The average Bonchev–Trinajstić information content (AvgIpc) is 2.37. The molecule has 2 heteroatoms. The van der Waals surface area contributed by atoms with Gasteiger partial charge < -0.3 is 5.32 Å². The van der Waals surface area contributed by atoms with Gasteiger partial charge in [-0.25, -0.2) is 0 Å². The third kappa shape index (κ3) is 2.60. The Labute approximate surface area is 118 Å². The second kappa shape index (κ2) is 5.41. The van der Waals surface area contributed by atoms with E-state index in [1.807, 2.05) is 7.05 Å². The molecule has 0 aromatic heterocycles. The molecule has 0 radical (unpaired) electrons. The van der Waals surface area contributed by atoms with Gasteiger partial charge in [0.1, 0.15) is 0 Å². The van der Waals surface area contributed by atoms with Crippen LogP contribution in [-0.2, 0) is 5.41 Å². The minimum Gasteiger partial charge on any atom is -0.320 e. The van der Waals surface area contributed by atoms with Crippen molar-refractivity contribution in [1.82, 2.24) is 5.32 Å². The summed E-state index contributed by atoms with van der Waals surface area (Å²) in [7, 11) is 2.01. The van der Waals surface area contributed by atoms with Gasteiger partial charge in [-0.1, -0.05) is 60.1 Å². The van der Waals surface area contributed by atoms with E-state index in [1.165, 1.54) is 20.8 Å². The number of hydrogen-bond acceptors (Lipinski definition) is 1. The first kappa shape index (κ1) is 13.6. The Hall–Kier alpha value is -0.860. The zero-order valence-electron chi connectivity index (χ0n) is 11.3. The Balaban J connectivity index is 2.54. The fourth-order valence-electron chi connectivity index (χ4n) is 2.42. The first-order valence-corrected chi connectivity index (χ1v) is 7.18. The number of benzene rings is 2. The van der Waals surface area contributed by atoms with Gasteiger partial charge in [0.25, 0.3) is 0 Å². The van der Waals surface area contributed by atoms with Crippen molar-refractivity contribution in [2.45, 2.75) is 25.7 Å². The number of rotatable bonds is 4.